The molecular weight excluding hydrogens is 767 g/mol. The molecule has 0 spiro atoms. The van der Waals surface area contributed by atoms with Crippen molar-refractivity contribution >= 4 is 60.8 Å². The molecule has 3 aromatic heterocycles. The molecule has 0 radical (unpaired) electrons. The van der Waals surface area contributed by atoms with Gasteiger partial charge >= 0.3 is 0 Å². The van der Waals surface area contributed by atoms with Crippen LogP contribution >= 0.6 is 0 Å². The zero-order valence-corrected chi connectivity index (χ0v) is 34.3. The van der Waals surface area contributed by atoms with Crippen molar-refractivity contribution in [2.45, 2.75) is 0 Å². The molecular formula is C59H39N3O. The third-order valence-electron chi connectivity index (χ3n) is 12.3. The molecule has 0 amide bonds. The fourth-order valence-corrected chi connectivity index (χ4v) is 9.17. The highest BCUT2D eigenvalue weighted by atomic mass is 16.3. The second-order valence-electron chi connectivity index (χ2n) is 16.0. The fourth-order valence-electron chi connectivity index (χ4n) is 9.17. The Morgan fingerprint density at radius 1 is 0.317 bits per heavy atom. The average Bonchev–Trinajstić information content (AvgIpc) is 3.90. The molecule has 12 rings (SSSR count). The second-order valence-corrected chi connectivity index (χ2v) is 16.0. The minimum atomic E-state index is 0.879. The first-order valence-electron chi connectivity index (χ1n) is 21.3. The number of hydrogen-bond donors (Lipinski definition) is 0. The summed E-state index contributed by atoms with van der Waals surface area (Å²) in [5.74, 6) is 0. The van der Waals surface area contributed by atoms with Crippen molar-refractivity contribution in [3.63, 3.8) is 0 Å². The summed E-state index contributed by atoms with van der Waals surface area (Å²) in [5.41, 5.74) is 17.8. The molecule has 296 valence electrons. The lowest BCUT2D eigenvalue weighted by Gasteiger charge is -2.26. The largest absolute Gasteiger partial charge is 0.456 e. The first-order chi connectivity index (χ1) is 31.2. The van der Waals surface area contributed by atoms with Crippen molar-refractivity contribution in [2.24, 2.45) is 0 Å². The standard InChI is InChI=1S/C59H39N3O/c1-3-9-40(10-4-1)42-15-23-48(24-16-42)61(51-29-32-59-55(39-51)54-13-7-8-14-58(54)63-59)49-25-17-43(18-26-49)44-19-27-50(28-20-44)62-56-37-46(41-11-5-2-6-12-41)21-30-52(56)53-31-22-47(38-57(53)62)45-33-35-60-36-34-45/h1-39H. The number of rotatable bonds is 8. The summed E-state index contributed by atoms with van der Waals surface area (Å²) in [4.78, 5) is 6.59. The van der Waals surface area contributed by atoms with Crippen LogP contribution in [-0.4, -0.2) is 9.55 Å². The molecule has 12 aromatic rings. The first-order valence-corrected chi connectivity index (χ1v) is 21.3. The number of anilines is 3. The Kier molecular flexibility index (Phi) is 8.79. The van der Waals surface area contributed by atoms with Crippen LogP contribution in [0.1, 0.15) is 0 Å². The number of nitrogens with zero attached hydrogens (tertiary/aromatic N) is 3. The summed E-state index contributed by atoms with van der Waals surface area (Å²) in [5, 5.41) is 4.66. The SMILES string of the molecule is c1ccc(-c2ccc(N(c3ccc(-c4ccc(-n5c6cc(-c7ccccc7)ccc6c6ccc(-c7ccncc7)cc65)cc4)cc3)c3ccc4oc5ccccc5c4c3)cc2)cc1. The molecule has 0 N–H and O–H groups in total. The van der Waals surface area contributed by atoms with E-state index >= 15 is 0 Å². The van der Waals surface area contributed by atoms with Crippen molar-refractivity contribution in [1.82, 2.24) is 9.55 Å². The lowest BCUT2D eigenvalue weighted by Crippen LogP contribution is -2.09. The lowest BCUT2D eigenvalue weighted by atomic mass is 10.0. The van der Waals surface area contributed by atoms with Gasteiger partial charge < -0.3 is 13.9 Å². The van der Waals surface area contributed by atoms with Crippen molar-refractivity contribution in [3.05, 3.63) is 237 Å². The van der Waals surface area contributed by atoms with Gasteiger partial charge in [-0.2, -0.15) is 0 Å². The van der Waals surface area contributed by atoms with Gasteiger partial charge in [0, 0.05) is 56.7 Å². The van der Waals surface area contributed by atoms with Crippen LogP contribution < -0.4 is 4.90 Å². The predicted molar refractivity (Wildman–Crippen MR) is 262 cm³/mol. The Morgan fingerprint density at radius 3 is 1.35 bits per heavy atom. The maximum atomic E-state index is 6.23. The van der Waals surface area contributed by atoms with Gasteiger partial charge in [-0.15, -0.1) is 0 Å². The molecule has 63 heavy (non-hydrogen) atoms. The maximum Gasteiger partial charge on any atom is 0.135 e. The molecule has 0 fully saturated rings. The normalized spacial score (nSPS) is 11.5. The number of furan rings is 1. The van der Waals surface area contributed by atoms with E-state index in [2.05, 4.69) is 227 Å². The van der Waals surface area contributed by atoms with E-state index in [4.69, 9.17) is 4.42 Å². The van der Waals surface area contributed by atoms with Crippen LogP contribution in [-0.2, 0) is 0 Å². The summed E-state index contributed by atoms with van der Waals surface area (Å²) >= 11 is 0. The summed E-state index contributed by atoms with van der Waals surface area (Å²) in [6.45, 7) is 0. The Balaban J connectivity index is 0.930. The van der Waals surface area contributed by atoms with Gasteiger partial charge in [0.15, 0.2) is 0 Å². The molecule has 3 heterocycles. The quantitative estimate of drug-likeness (QED) is 0.153. The molecule has 0 aliphatic carbocycles. The van der Waals surface area contributed by atoms with E-state index in [9.17, 15) is 0 Å². The van der Waals surface area contributed by atoms with Crippen LogP contribution in [0.3, 0.4) is 0 Å². The van der Waals surface area contributed by atoms with Crippen molar-refractivity contribution in [2.75, 3.05) is 4.90 Å². The van der Waals surface area contributed by atoms with E-state index in [1.54, 1.807) is 0 Å². The predicted octanol–water partition coefficient (Wildman–Crippen LogP) is 16.2. The smallest absolute Gasteiger partial charge is 0.135 e. The number of aromatic nitrogens is 2. The summed E-state index contributed by atoms with van der Waals surface area (Å²) in [6.07, 6.45) is 3.71. The van der Waals surface area contributed by atoms with E-state index in [0.717, 1.165) is 66.9 Å². The number of fused-ring (bicyclic) bond motifs is 6. The Bertz CT molecular complexity index is 3480. The van der Waals surface area contributed by atoms with Crippen LogP contribution in [0.4, 0.5) is 17.1 Å². The molecule has 0 atom stereocenters. The number of pyridine rings is 1. The molecule has 0 saturated carbocycles. The van der Waals surface area contributed by atoms with Gasteiger partial charge in [-0.1, -0.05) is 140 Å². The molecule has 0 unspecified atom stereocenters. The minimum absolute atomic E-state index is 0.879. The van der Waals surface area contributed by atoms with Gasteiger partial charge in [0.2, 0.25) is 0 Å². The van der Waals surface area contributed by atoms with Crippen LogP contribution in [0.25, 0.3) is 93.9 Å². The molecule has 0 aliphatic heterocycles. The summed E-state index contributed by atoms with van der Waals surface area (Å²) in [6, 6.07) is 80.4. The third-order valence-corrected chi connectivity index (χ3v) is 12.3. The van der Waals surface area contributed by atoms with Gasteiger partial charge in [0.05, 0.1) is 11.0 Å². The Hall–Kier alpha value is -8.47. The highest BCUT2D eigenvalue weighted by Crippen LogP contribution is 2.41. The molecule has 4 heteroatoms. The lowest BCUT2D eigenvalue weighted by molar-refractivity contribution is 0.669. The maximum absolute atomic E-state index is 6.23. The van der Waals surface area contributed by atoms with E-state index < -0.39 is 0 Å². The topological polar surface area (TPSA) is 34.2 Å². The van der Waals surface area contributed by atoms with Gasteiger partial charge in [-0.25, -0.2) is 0 Å². The number of benzene rings is 9. The van der Waals surface area contributed by atoms with Gasteiger partial charge in [0.25, 0.3) is 0 Å². The van der Waals surface area contributed by atoms with Gasteiger partial charge in [-0.3, -0.25) is 4.98 Å². The van der Waals surface area contributed by atoms with Crippen LogP contribution in [0.2, 0.25) is 0 Å². The molecule has 9 aromatic carbocycles. The fraction of sp³-hybridized carbons (Fsp3) is 0. The Labute approximate surface area is 365 Å². The van der Waals surface area contributed by atoms with Crippen molar-refractivity contribution < 1.29 is 4.42 Å². The molecule has 0 saturated heterocycles. The van der Waals surface area contributed by atoms with E-state index in [1.807, 2.05) is 24.5 Å². The average molecular weight is 806 g/mol. The van der Waals surface area contributed by atoms with Crippen LogP contribution in [0.15, 0.2) is 241 Å². The van der Waals surface area contributed by atoms with E-state index in [1.165, 1.54) is 44.1 Å². The summed E-state index contributed by atoms with van der Waals surface area (Å²) in [7, 11) is 0. The minimum Gasteiger partial charge on any atom is -0.456 e. The first kappa shape index (κ1) is 36.4. The number of hydrogen-bond acceptors (Lipinski definition) is 3. The molecule has 0 aliphatic rings. The van der Waals surface area contributed by atoms with E-state index in [-0.39, 0.29) is 0 Å². The highest BCUT2D eigenvalue weighted by molar-refractivity contribution is 6.11. The highest BCUT2D eigenvalue weighted by Gasteiger charge is 2.18. The molecule has 0 bridgehead atoms. The molecule has 4 nitrogen and oxygen atoms in total. The van der Waals surface area contributed by atoms with Crippen molar-refractivity contribution in [1.29, 1.82) is 0 Å². The van der Waals surface area contributed by atoms with Gasteiger partial charge in [-0.05, 0) is 129 Å². The monoisotopic (exact) mass is 805 g/mol. The Morgan fingerprint density at radius 2 is 0.762 bits per heavy atom. The number of para-hydroxylation sites is 1. The van der Waals surface area contributed by atoms with Crippen LogP contribution in [0, 0.1) is 0 Å². The zero-order valence-electron chi connectivity index (χ0n) is 34.3. The summed E-state index contributed by atoms with van der Waals surface area (Å²) < 4.78 is 8.64. The van der Waals surface area contributed by atoms with Crippen molar-refractivity contribution in [3.8, 4) is 50.2 Å². The zero-order chi connectivity index (χ0) is 41.7. The second kappa shape index (κ2) is 15.2. The van der Waals surface area contributed by atoms with Gasteiger partial charge in [0.1, 0.15) is 11.2 Å². The third kappa shape index (κ3) is 6.53. The van der Waals surface area contributed by atoms with Crippen LogP contribution in [0.5, 0.6) is 0 Å². The van der Waals surface area contributed by atoms with E-state index in [0.29, 0.717) is 0 Å².